The molecule has 0 saturated carbocycles. The molecular formula is C16H24ClN3O3S. The third-order valence-corrected chi connectivity index (χ3v) is 5.56. The van der Waals surface area contributed by atoms with Crippen LogP contribution in [0.5, 0.6) is 0 Å². The Labute approximate surface area is 149 Å². The van der Waals surface area contributed by atoms with Gasteiger partial charge in [0.2, 0.25) is 10.0 Å². The van der Waals surface area contributed by atoms with Gasteiger partial charge < -0.3 is 10.2 Å². The number of hydrogen-bond donors (Lipinski definition) is 2. The van der Waals surface area contributed by atoms with E-state index >= 15 is 0 Å². The molecule has 0 aliphatic carbocycles. The van der Waals surface area contributed by atoms with Gasteiger partial charge in [0.1, 0.15) is 0 Å². The molecule has 1 aliphatic rings. The van der Waals surface area contributed by atoms with Crippen LogP contribution in [-0.4, -0.2) is 50.9 Å². The minimum Gasteiger partial charge on any atom is -0.333 e. The van der Waals surface area contributed by atoms with Gasteiger partial charge in [-0.2, -0.15) is 0 Å². The summed E-state index contributed by atoms with van der Waals surface area (Å²) >= 11 is 0. The van der Waals surface area contributed by atoms with E-state index in [0.29, 0.717) is 12.1 Å². The van der Waals surface area contributed by atoms with Crippen molar-refractivity contribution in [1.29, 1.82) is 0 Å². The predicted octanol–water partition coefficient (Wildman–Crippen LogP) is 1.40. The van der Waals surface area contributed by atoms with Crippen LogP contribution in [0.3, 0.4) is 0 Å². The van der Waals surface area contributed by atoms with Crippen molar-refractivity contribution in [3.05, 3.63) is 42.5 Å². The second-order valence-electron chi connectivity index (χ2n) is 5.65. The summed E-state index contributed by atoms with van der Waals surface area (Å²) in [4.78, 5) is 14.6. The second kappa shape index (κ2) is 8.62. The highest BCUT2D eigenvalue weighted by Gasteiger charge is 2.28. The fourth-order valence-electron chi connectivity index (χ4n) is 2.54. The average molecular weight is 374 g/mol. The summed E-state index contributed by atoms with van der Waals surface area (Å²) in [6.07, 6.45) is 1.47. The number of nitrogens with one attached hydrogen (secondary N) is 2. The molecule has 134 valence electrons. The molecular weight excluding hydrogens is 350 g/mol. The molecule has 0 aromatic heterocycles. The van der Waals surface area contributed by atoms with Crippen LogP contribution in [0.2, 0.25) is 0 Å². The summed E-state index contributed by atoms with van der Waals surface area (Å²) in [7, 11) is -3.57. The van der Waals surface area contributed by atoms with Gasteiger partial charge in [-0.15, -0.1) is 19.0 Å². The molecule has 1 amide bonds. The third kappa shape index (κ3) is 4.57. The Kier molecular flexibility index (Phi) is 7.41. The van der Waals surface area contributed by atoms with E-state index in [1.807, 2.05) is 18.7 Å². The van der Waals surface area contributed by atoms with Crippen LogP contribution >= 0.6 is 12.4 Å². The molecule has 6 nitrogen and oxygen atoms in total. The minimum absolute atomic E-state index is 0. The number of benzene rings is 1. The van der Waals surface area contributed by atoms with E-state index in [4.69, 9.17) is 0 Å². The van der Waals surface area contributed by atoms with Crippen LogP contribution < -0.4 is 10.0 Å². The summed E-state index contributed by atoms with van der Waals surface area (Å²) in [5, 5.41) is 3.33. The molecule has 0 bridgehead atoms. The van der Waals surface area contributed by atoms with Gasteiger partial charge in [-0.1, -0.05) is 6.08 Å². The third-order valence-electron chi connectivity index (χ3n) is 4.12. The monoisotopic (exact) mass is 373 g/mol. The molecule has 2 unspecified atom stereocenters. The van der Waals surface area contributed by atoms with Crippen molar-refractivity contribution in [2.45, 2.75) is 30.8 Å². The number of hydrogen-bond acceptors (Lipinski definition) is 4. The number of rotatable bonds is 5. The Morgan fingerprint density at radius 3 is 2.58 bits per heavy atom. The van der Waals surface area contributed by atoms with Crippen molar-refractivity contribution in [3.8, 4) is 0 Å². The largest absolute Gasteiger partial charge is 0.333 e. The van der Waals surface area contributed by atoms with E-state index in [0.717, 1.165) is 6.54 Å². The SMILES string of the molecule is C=CCNS(=O)(=O)c1ccc(C(=O)N2CCNC(C)C2C)cc1.Cl. The highest BCUT2D eigenvalue weighted by molar-refractivity contribution is 7.89. The smallest absolute Gasteiger partial charge is 0.254 e. The van der Waals surface area contributed by atoms with Gasteiger partial charge in [-0.05, 0) is 38.1 Å². The Balaban J connectivity index is 0.00000288. The molecule has 1 saturated heterocycles. The maximum Gasteiger partial charge on any atom is 0.254 e. The van der Waals surface area contributed by atoms with Gasteiger partial charge >= 0.3 is 0 Å². The van der Waals surface area contributed by atoms with Crippen molar-refractivity contribution in [2.24, 2.45) is 0 Å². The first-order chi connectivity index (χ1) is 10.9. The van der Waals surface area contributed by atoms with E-state index in [1.165, 1.54) is 18.2 Å². The Morgan fingerprint density at radius 1 is 1.38 bits per heavy atom. The number of nitrogens with zero attached hydrogens (tertiary/aromatic N) is 1. The summed E-state index contributed by atoms with van der Waals surface area (Å²) in [6, 6.07) is 6.35. The molecule has 8 heteroatoms. The molecule has 0 spiro atoms. The molecule has 2 rings (SSSR count). The zero-order valence-electron chi connectivity index (χ0n) is 13.9. The Bertz CT molecular complexity index is 676. The molecule has 1 heterocycles. The van der Waals surface area contributed by atoms with Crippen molar-refractivity contribution in [1.82, 2.24) is 14.9 Å². The van der Waals surface area contributed by atoms with E-state index in [1.54, 1.807) is 12.1 Å². The fraction of sp³-hybridized carbons (Fsp3) is 0.438. The number of sulfonamides is 1. The van der Waals surface area contributed by atoms with E-state index < -0.39 is 10.0 Å². The standard InChI is InChI=1S/C16H23N3O3S.ClH/c1-4-9-18-23(21,22)15-7-5-14(6-8-15)16(20)19-11-10-17-12(2)13(19)3;/h4-8,12-13,17-18H,1,9-11H2,2-3H3;1H. The number of carbonyl (C=O) groups excluding carboxylic acids is 1. The lowest BCUT2D eigenvalue weighted by Gasteiger charge is -2.38. The first kappa shape index (κ1) is 20.6. The number of amides is 1. The fourth-order valence-corrected chi connectivity index (χ4v) is 3.54. The van der Waals surface area contributed by atoms with Crippen LogP contribution in [0.25, 0.3) is 0 Å². The molecule has 2 N–H and O–H groups in total. The number of piperazine rings is 1. The lowest BCUT2D eigenvalue weighted by atomic mass is 10.1. The lowest BCUT2D eigenvalue weighted by molar-refractivity contribution is 0.0603. The molecule has 1 aliphatic heterocycles. The van der Waals surface area contributed by atoms with E-state index in [9.17, 15) is 13.2 Å². The van der Waals surface area contributed by atoms with Crippen LogP contribution in [0.4, 0.5) is 0 Å². The molecule has 24 heavy (non-hydrogen) atoms. The van der Waals surface area contributed by atoms with Crippen molar-refractivity contribution < 1.29 is 13.2 Å². The molecule has 0 radical (unpaired) electrons. The second-order valence-corrected chi connectivity index (χ2v) is 7.41. The number of carbonyl (C=O) groups is 1. The van der Waals surface area contributed by atoms with Crippen molar-refractivity contribution in [2.75, 3.05) is 19.6 Å². The lowest BCUT2D eigenvalue weighted by Crippen LogP contribution is -2.57. The molecule has 1 aromatic carbocycles. The maximum atomic E-state index is 12.6. The van der Waals surface area contributed by atoms with Crippen LogP contribution in [-0.2, 0) is 10.0 Å². The molecule has 1 aromatic rings. The van der Waals surface area contributed by atoms with Gasteiger partial charge in [0.25, 0.3) is 5.91 Å². The van der Waals surface area contributed by atoms with E-state index in [2.05, 4.69) is 16.6 Å². The topological polar surface area (TPSA) is 78.5 Å². The zero-order valence-corrected chi connectivity index (χ0v) is 15.5. The summed E-state index contributed by atoms with van der Waals surface area (Å²) < 4.78 is 26.4. The van der Waals surface area contributed by atoms with Crippen LogP contribution in [0.1, 0.15) is 24.2 Å². The highest BCUT2D eigenvalue weighted by atomic mass is 35.5. The molecule has 2 atom stereocenters. The average Bonchev–Trinajstić information content (AvgIpc) is 2.55. The maximum absolute atomic E-state index is 12.6. The Hall–Kier alpha value is -1.41. The number of halogens is 1. The van der Waals surface area contributed by atoms with Gasteiger partial charge in [-0.25, -0.2) is 13.1 Å². The van der Waals surface area contributed by atoms with Crippen LogP contribution in [0, 0.1) is 0 Å². The minimum atomic E-state index is -3.57. The van der Waals surface area contributed by atoms with Crippen molar-refractivity contribution >= 4 is 28.3 Å². The summed E-state index contributed by atoms with van der Waals surface area (Å²) in [5.41, 5.74) is 0.494. The molecule has 1 fully saturated rings. The first-order valence-corrected chi connectivity index (χ1v) is 9.10. The van der Waals surface area contributed by atoms with Gasteiger partial charge in [0.15, 0.2) is 0 Å². The normalized spacial score (nSPS) is 21.0. The zero-order chi connectivity index (χ0) is 17.0. The summed E-state index contributed by atoms with van der Waals surface area (Å²) in [6.45, 7) is 9.10. The van der Waals surface area contributed by atoms with Crippen LogP contribution in [0.15, 0.2) is 41.8 Å². The highest BCUT2D eigenvalue weighted by Crippen LogP contribution is 2.16. The van der Waals surface area contributed by atoms with Gasteiger partial charge in [0, 0.05) is 37.3 Å². The van der Waals surface area contributed by atoms with E-state index in [-0.39, 0.29) is 41.8 Å². The first-order valence-electron chi connectivity index (χ1n) is 7.62. The quantitative estimate of drug-likeness (QED) is 0.764. The predicted molar refractivity (Wildman–Crippen MR) is 97.0 cm³/mol. The van der Waals surface area contributed by atoms with Crippen molar-refractivity contribution in [3.63, 3.8) is 0 Å². The Morgan fingerprint density at radius 2 is 2.00 bits per heavy atom. The van der Waals surface area contributed by atoms with Gasteiger partial charge in [-0.3, -0.25) is 4.79 Å². The summed E-state index contributed by atoms with van der Waals surface area (Å²) in [5.74, 6) is -0.0751. The van der Waals surface area contributed by atoms with Gasteiger partial charge in [0.05, 0.1) is 4.90 Å².